The van der Waals surface area contributed by atoms with Gasteiger partial charge in [-0.1, -0.05) is 48.5 Å². The number of carbonyl (C=O) groups excluding carboxylic acids is 2. The molecule has 1 atom stereocenters. The summed E-state index contributed by atoms with van der Waals surface area (Å²) in [5.74, 6) is -0.247. The third kappa shape index (κ3) is 5.63. The summed E-state index contributed by atoms with van der Waals surface area (Å²) in [4.78, 5) is 30.0. The fourth-order valence-electron chi connectivity index (χ4n) is 4.28. The van der Waals surface area contributed by atoms with Crippen LogP contribution < -0.4 is 4.74 Å². The van der Waals surface area contributed by atoms with Crippen molar-refractivity contribution in [1.82, 2.24) is 9.80 Å². The normalized spacial score (nSPS) is 17.2. The first-order chi connectivity index (χ1) is 16.5. The Labute approximate surface area is 199 Å². The molecule has 2 amide bonds. The number of amides is 2. The molecule has 176 valence electrons. The molecule has 0 saturated heterocycles. The fraction of sp³-hybridized carbons (Fsp3) is 0.286. The number of hydrogen-bond acceptors (Lipinski definition) is 3. The number of carbonyl (C=O) groups is 2. The average molecular weight is 461 g/mol. The number of nitrogens with zero attached hydrogens (tertiary/aromatic N) is 2. The van der Waals surface area contributed by atoms with E-state index < -0.39 is 5.82 Å². The zero-order valence-electron chi connectivity index (χ0n) is 19.3. The van der Waals surface area contributed by atoms with Crippen LogP contribution >= 0.6 is 0 Å². The van der Waals surface area contributed by atoms with Gasteiger partial charge in [0.2, 0.25) is 0 Å². The van der Waals surface area contributed by atoms with Crippen molar-refractivity contribution in [2.75, 3.05) is 26.7 Å². The minimum Gasteiger partial charge on any atom is -0.491 e. The number of fused-ring (bicyclic) bond motifs is 1. The van der Waals surface area contributed by atoms with E-state index in [1.54, 1.807) is 41.1 Å². The SMILES string of the molecule is CN1CCCCN(C(=O)c2cccc(F)c2)[C@H](Cc2ccccc2)COc2ccccc2C1=O. The molecule has 34 heavy (non-hydrogen) atoms. The molecule has 1 aliphatic rings. The molecular formula is C28H29FN2O3. The topological polar surface area (TPSA) is 49.9 Å². The van der Waals surface area contributed by atoms with E-state index in [1.165, 1.54) is 12.1 Å². The Balaban J connectivity index is 1.69. The van der Waals surface area contributed by atoms with Crippen LogP contribution in [0.1, 0.15) is 39.1 Å². The zero-order chi connectivity index (χ0) is 23.9. The quantitative estimate of drug-likeness (QED) is 0.563. The van der Waals surface area contributed by atoms with E-state index >= 15 is 0 Å². The maximum atomic E-state index is 13.9. The van der Waals surface area contributed by atoms with Crippen LogP contribution in [-0.2, 0) is 6.42 Å². The van der Waals surface area contributed by atoms with Gasteiger partial charge >= 0.3 is 0 Å². The lowest BCUT2D eigenvalue weighted by atomic mass is 10.0. The number of halogens is 1. The number of rotatable bonds is 3. The van der Waals surface area contributed by atoms with Gasteiger partial charge in [-0.05, 0) is 55.2 Å². The van der Waals surface area contributed by atoms with Gasteiger partial charge in [0.1, 0.15) is 18.2 Å². The van der Waals surface area contributed by atoms with Crippen molar-refractivity contribution in [3.05, 3.63) is 101 Å². The van der Waals surface area contributed by atoms with E-state index in [1.807, 2.05) is 42.5 Å². The van der Waals surface area contributed by atoms with Crippen LogP contribution in [-0.4, -0.2) is 54.4 Å². The van der Waals surface area contributed by atoms with E-state index in [0.717, 1.165) is 12.0 Å². The highest BCUT2D eigenvalue weighted by atomic mass is 19.1. The predicted molar refractivity (Wildman–Crippen MR) is 130 cm³/mol. The van der Waals surface area contributed by atoms with Gasteiger partial charge in [-0.25, -0.2) is 4.39 Å². The van der Waals surface area contributed by atoms with Crippen LogP contribution in [0, 0.1) is 5.82 Å². The molecule has 0 aliphatic carbocycles. The maximum absolute atomic E-state index is 13.9. The second-order valence-corrected chi connectivity index (χ2v) is 8.59. The molecule has 1 heterocycles. The van der Waals surface area contributed by atoms with Crippen molar-refractivity contribution in [2.45, 2.75) is 25.3 Å². The van der Waals surface area contributed by atoms with Gasteiger partial charge in [-0.2, -0.15) is 0 Å². The molecule has 4 rings (SSSR count). The molecule has 5 nitrogen and oxygen atoms in total. The highest BCUT2D eigenvalue weighted by molar-refractivity contribution is 5.97. The Hall–Kier alpha value is -3.67. The van der Waals surface area contributed by atoms with E-state index in [4.69, 9.17) is 4.74 Å². The van der Waals surface area contributed by atoms with Crippen LogP contribution in [0.15, 0.2) is 78.9 Å². The van der Waals surface area contributed by atoms with Crippen LogP contribution in [0.25, 0.3) is 0 Å². The second kappa shape index (κ2) is 11.0. The predicted octanol–water partition coefficient (Wildman–Crippen LogP) is 4.82. The molecule has 0 N–H and O–H groups in total. The largest absolute Gasteiger partial charge is 0.491 e. The third-order valence-corrected chi connectivity index (χ3v) is 6.13. The van der Waals surface area contributed by atoms with Crippen molar-refractivity contribution >= 4 is 11.8 Å². The van der Waals surface area contributed by atoms with Gasteiger partial charge in [0, 0.05) is 25.7 Å². The Morgan fingerprint density at radius 1 is 0.971 bits per heavy atom. The Kier molecular flexibility index (Phi) is 7.58. The molecule has 6 heteroatoms. The molecule has 0 spiro atoms. The first kappa shape index (κ1) is 23.5. The summed E-state index contributed by atoms with van der Waals surface area (Å²) in [6.45, 7) is 1.27. The van der Waals surface area contributed by atoms with Crippen LogP contribution in [0.3, 0.4) is 0 Å². The molecule has 0 unspecified atom stereocenters. The molecule has 3 aromatic rings. The molecule has 0 bridgehead atoms. The monoisotopic (exact) mass is 460 g/mol. The maximum Gasteiger partial charge on any atom is 0.257 e. The van der Waals surface area contributed by atoms with Crippen molar-refractivity contribution in [1.29, 1.82) is 0 Å². The summed E-state index contributed by atoms with van der Waals surface area (Å²) >= 11 is 0. The lowest BCUT2D eigenvalue weighted by Crippen LogP contribution is -2.46. The van der Waals surface area contributed by atoms with E-state index in [2.05, 4.69) is 0 Å². The number of hydrogen-bond donors (Lipinski definition) is 0. The van der Waals surface area contributed by atoms with Gasteiger partial charge in [0.05, 0.1) is 11.6 Å². The molecule has 3 aromatic carbocycles. The van der Waals surface area contributed by atoms with Gasteiger partial charge in [-0.3, -0.25) is 9.59 Å². The molecular weight excluding hydrogens is 431 g/mol. The van der Waals surface area contributed by atoms with Crippen molar-refractivity contribution in [3.8, 4) is 5.75 Å². The Morgan fingerprint density at radius 2 is 1.71 bits per heavy atom. The minimum absolute atomic E-state index is 0.0801. The van der Waals surface area contributed by atoms with E-state index in [0.29, 0.717) is 42.8 Å². The number of ether oxygens (including phenoxy) is 1. The van der Waals surface area contributed by atoms with E-state index in [9.17, 15) is 14.0 Å². The van der Waals surface area contributed by atoms with Crippen LogP contribution in [0.5, 0.6) is 5.75 Å². The Bertz CT molecular complexity index is 1140. The summed E-state index contributed by atoms with van der Waals surface area (Å²) in [7, 11) is 1.78. The van der Waals surface area contributed by atoms with Crippen LogP contribution in [0.2, 0.25) is 0 Å². The smallest absolute Gasteiger partial charge is 0.257 e. The van der Waals surface area contributed by atoms with Gasteiger partial charge in [-0.15, -0.1) is 0 Å². The Morgan fingerprint density at radius 3 is 2.50 bits per heavy atom. The summed E-state index contributed by atoms with van der Waals surface area (Å²) in [6, 6.07) is 22.6. The minimum atomic E-state index is -0.440. The lowest BCUT2D eigenvalue weighted by molar-refractivity contribution is 0.0590. The highest BCUT2D eigenvalue weighted by Gasteiger charge is 2.27. The second-order valence-electron chi connectivity index (χ2n) is 8.59. The van der Waals surface area contributed by atoms with Gasteiger partial charge in [0.15, 0.2) is 0 Å². The van der Waals surface area contributed by atoms with Gasteiger partial charge in [0.25, 0.3) is 11.8 Å². The standard InChI is InChI=1S/C28H29FN2O3/c1-30-16-7-8-17-31(27(32)22-12-9-13-23(29)19-22)24(18-21-10-3-2-4-11-21)20-34-26-15-6-5-14-25(26)28(30)33/h2-6,9-15,19,24H,7-8,16-18,20H2,1H3/t24-/m1/s1. The van der Waals surface area contributed by atoms with Crippen molar-refractivity contribution in [3.63, 3.8) is 0 Å². The zero-order valence-corrected chi connectivity index (χ0v) is 19.3. The molecule has 1 aliphatic heterocycles. The highest BCUT2D eigenvalue weighted by Crippen LogP contribution is 2.23. The average Bonchev–Trinajstić information content (AvgIpc) is 2.86. The lowest BCUT2D eigenvalue weighted by Gasteiger charge is -2.33. The first-order valence-electron chi connectivity index (χ1n) is 11.6. The molecule has 0 radical (unpaired) electrons. The summed E-state index contributed by atoms with van der Waals surface area (Å²) < 4.78 is 20.1. The molecule has 0 saturated carbocycles. The third-order valence-electron chi connectivity index (χ3n) is 6.13. The van der Waals surface area contributed by atoms with Crippen LogP contribution in [0.4, 0.5) is 4.39 Å². The number of para-hydroxylation sites is 1. The van der Waals surface area contributed by atoms with E-state index in [-0.39, 0.29) is 24.5 Å². The summed E-state index contributed by atoms with van der Waals surface area (Å²) in [5, 5.41) is 0. The first-order valence-corrected chi connectivity index (χ1v) is 11.6. The fourth-order valence-corrected chi connectivity index (χ4v) is 4.28. The summed E-state index contributed by atoms with van der Waals surface area (Å²) in [6.07, 6.45) is 2.04. The van der Waals surface area contributed by atoms with Crippen molar-refractivity contribution in [2.24, 2.45) is 0 Å². The molecule has 0 aromatic heterocycles. The molecule has 0 fully saturated rings. The van der Waals surface area contributed by atoms with Gasteiger partial charge < -0.3 is 14.5 Å². The number of benzene rings is 3. The summed E-state index contributed by atoms with van der Waals surface area (Å²) in [5.41, 5.74) is 1.90. The van der Waals surface area contributed by atoms with Crippen molar-refractivity contribution < 1.29 is 18.7 Å².